The first kappa shape index (κ1) is 31.7. The van der Waals surface area contributed by atoms with Crippen LogP contribution < -0.4 is 22.1 Å². The van der Waals surface area contributed by atoms with Gasteiger partial charge in [-0.3, -0.25) is 14.7 Å². The van der Waals surface area contributed by atoms with Crippen LogP contribution >= 0.6 is 11.6 Å². The molecule has 0 radical (unpaired) electrons. The SMILES string of the molecule is Cc1c(-c2cc(NCCCN3CCCC3=O)nc(N)n2)ccc2[nH]ncc12.Nc1nc(Cl)cc(NCCCN2CCCC2=O)n1. The molecule has 238 valence electrons. The van der Waals surface area contributed by atoms with Crippen molar-refractivity contribution in [2.45, 2.75) is 45.4 Å². The maximum Gasteiger partial charge on any atom is 0.223 e. The van der Waals surface area contributed by atoms with Crippen LogP contribution in [-0.4, -0.2) is 91.0 Å². The fourth-order valence-electron chi connectivity index (χ4n) is 5.51. The highest BCUT2D eigenvalue weighted by Gasteiger charge is 2.20. The fourth-order valence-corrected chi connectivity index (χ4v) is 5.70. The fraction of sp³-hybridized carbons (Fsp3) is 0.433. The lowest BCUT2D eigenvalue weighted by molar-refractivity contribution is -0.128. The van der Waals surface area contributed by atoms with E-state index in [-0.39, 0.29) is 23.7 Å². The number of aryl methyl sites for hydroxylation is 1. The number of aromatic nitrogens is 6. The molecular formula is C30H39ClN12O2. The Kier molecular flexibility index (Phi) is 10.5. The number of nitrogens with zero attached hydrogens (tertiary/aromatic N) is 7. The number of benzene rings is 1. The molecule has 2 fully saturated rings. The predicted octanol–water partition coefficient (Wildman–Crippen LogP) is 3.47. The summed E-state index contributed by atoms with van der Waals surface area (Å²) in [5.74, 6) is 2.20. The first-order chi connectivity index (χ1) is 21.8. The molecule has 0 unspecified atom stereocenters. The molecule has 15 heteroatoms. The van der Waals surface area contributed by atoms with Gasteiger partial charge in [-0.2, -0.15) is 15.1 Å². The summed E-state index contributed by atoms with van der Waals surface area (Å²) in [7, 11) is 0. The minimum atomic E-state index is 0.153. The molecule has 2 amide bonds. The van der Waals surface area contributed by atoms with Crippen LogP contribution in [0.15, 0.2) is 30.5 Å². The number of amides is 2. The Morgan fingerprint density at radius 2 is 1.47 bits per heavy atom. The highest BCUT2D eigenvalue weighted by molar-refractivity contribution is 6.29. The Labute approximate surface area is 266 Å². The number of nitrogen functional groups attached to an aromatic ring is 2. The third-order valence-corrected chi connectivity index (χ3v) is 7.98. The monoisotopic (exact) mass is 634 g/mol. The maximum absolute atomic E-state index is 11.7. The number of hydrogen-bond acceptors (Lipinski definition) is 11. The van der Waals surface area contributed by atoms with Crippen molar-refractivity contribution in [1.82, 2.24) is 39.9 Å². The number of hydrogen-bond donors (Lipinski definition) is 5. The summed E-state index contributed by atoms with van der Waals surface area (Å²) in [4.78, 5) is 43.3. The van der Waals surface area contributed by atoms with Gasteiger partial charge in [-0.1, -0.05) is 17.7 Å². The van der Waals surface area contributed by atoms with Gasteiger partial charge in [-0.15, -0.1) is 0 Å². The van der Waals surface area contributed by atoms with Gasteiger partial charge in [0.2, 0.25) is 23.7 Å². The quantitative estimate of drug-likeness (QED) is 0.120. The largest absolute Gasteiger partial charge is 0.370 e. The molecule has 0 saturated carbocycles. The Balaban J connectivity index is 0.000000194. The molecule has 0 aliphatic carbocycles. The first-order valence-electron chi connectivity index (χ1n) is 15.2. The van der Waals surface area contributed by atoms with E-state index in [0.29, 0.717) is 29.6 Å². The summed E-state index contributed by atoms with van der Waals surface area (Å²) in [6, 6.07) is 7.54. The average molecular weight is 635 g/mol. The molecule has 14 nitrogen and oxygen atoms in total. The van der Waals surface area contributed by atoms with Crippen molar-refractivity contribution in [3.8, 4) is 11.3 Å². The van der Waals surface area contributed by atoms with Crippen LogP contribution in [0, 0.1) is 6.92 Å². The number of carbonyl (C=O) groups excluding carboxylic acids is 2. The lowest BCUT2D eigenvalue weighted by Crippen LogP contribution is -2.27. The van der Waals surface area contributed by atoms with Gasteiger partial charge < -0.3 is 31.9 Å². The van der Waals surface area contributed by atoms with Crippen molar-refractivity contribution >= 4 is 57.9 Å². The molecule has 4 aromatic rings. The lowest BCUT2D eigenvalue weighted by Gasteiger charge is -2.15. The smallest absolute Gasteiger partial charge is 0.223 e. The second-order valence-electron chi connectivity index (χ2n) is 11.0. The van der Waals surface area contributed by atoms with Gasteiger partial charge in [-0.05, 0) is 44.2 Å². The number of nitrogens with two attached hydrogens (primary N) is 2. The van der Waals surface area contributed by atoms with Crippen molar-refractivity contribution in [2.24, 2.45) is 0 Å². The summed E-state index contributed by atoms with van der Waals surface area (Å²) in [6.45, 7) is 6.79. The number of carbonyl (C=O) groups is 2. The molecule has 0 atom stereocenters. The third-order valence-electron chi connectivity index (χ3n) is 7.79. The van der Waals surface area contributed by atoms with Gasteiger partial charge in [0.25, 0.3) is 0 Å². The van der Waals surface area contributed by atoms with Gasteiger partial charge >= 0.3 is 0 Å². The highest BCUT2D eigenvalue weighted by Crippen LogP contribution is 2.29. The van der Waals surface area contributed by atoms with Crippen molar-refractivity contribution < 1.29 is 9.59 Å². The minimum Gasteiger partial charge on any atom is -0.370 e. The number of likely N-dealkylation sites (tertiary alicyclic amines) is 2. The lowest BCUT2D eigenvalue weighted by atomic mass is 10.0. The number of nitrogens with one attached hydrogen (secondary N) is 3. The Morgan fingerprint density at radius 3 is 2.04 bits per heavy atom. The van der Waals surface area contributed by atoms with Crippen molar-refractivity contribution in [2.75, 3.05) is 61.4 Å². The Morgan fingerprint density at radius 1 is 0.867 bits per heavy atom. The molecular weight excluding hydrogens is 596 g/mol. The zero-order valence-corrected chi connectivity index (χ0v) is 26.1. The number of halogens is 1. The topological polar surface area (TPSA) is 197 Å². The van der Waals surface area contributed by atoms with Gasteiger partial charge in [0.1, 0.15) is 16.8 Å². The molecule has 3 aromatic heterocycles. The first-order valence-corrected chi connectivity index (χ1v) is 15.6. The summed E-state index contributed by atoms with van der Waals surface area (Å²) < 4.78 is 0. The van der Waals surface area contributed by atoms with E-state index in [1.54, 1.807) is 6.07 Å². The van der Waals surface area contributed by atoms with Crippen LogP contribution in [0.1, 0.15) is 44.1 Å². The van der Waals surface area contributed by atoms with E-state index in [0.717, 1.165) is 92.7 Å². The van der Waals surface area contributed by atoms with Gasteiger partial charge in [0.15, 0.2) is 0 Å². The normalized spacial score (nSPS) is 14.6. The number of aromatic amines is 1. The second-order valence-corrected chi connectivity index (χ2v) is 11.4. The zero-order valence-electron chi connectivity index (χ0n) is 25.4. The van der Waals surface area contributed by atoms with E-state index in [4.69, 9.17) is 23.1 Å². The average Bonchev–Trinajstić information content (AvgIpc) is 3.75. The Bertz CT molecular complexity index is 1620. The van der Waals surface area contributed by atoms with Gasteiger partial charge in [-0.25, -0.2) is 9.97 Å². The molecule has 45 heavy (non-hydrogen) atoms. The van der Waals surface area contributed by atoms with Crippen molar-refractivity contribution in [3.63, 3.8) is 0 Å². The van der Waals surface area contributed by atoms with Crippen molar-refractivity contribution in [3.05, 3.63) is 41.2 Å². The van der Waals surface area contributed by atoms with Crippen LogP contribution in [-0.2, 0) is 9.59 Å². The molecule has 0 spiro atoms. The molecule has 1 aromatic carbocycles. The number of rotatable bonds is 11. The summed E-state index contributed by atoms with van der Waals surface area (Å²) in [5, 5.41) is 14.9. The third kappa shape index (κ3) is 8.47. The van der Waals surface area contributed by atoms with E-state index >= 15 is 0 Å². The maximum atomic E-state index is 11.7. The number of H-pyrrole nitrogens is 1. The summed E-state index contributed by atoms with van der Waals surface area (Å²) in [6.07, 6.45) is 6.86. The van der Waals surface area contributed by atoms with Crippen LogP contribution in [0.25, 0.3) is 22.2 Å². The van der Waals surface area contributed by atoms with E-state index in [1.807, 2.05) is 41.1 Å². The highest BCUT2D eigenvalue weighted by atomic mass is 35.5. The molecule has 2 aliphatic rings. The molecule has 7 N–H and O–H groups in total. The standard InChI is InChI=1S/C19H23N7O.C11H16ClN5O/c1-12-13(5-6-15-14(12)11-22-25-15)16-10-17(24-19(20)23-16)21-7-3-9-26-8-2-4-18(26)27;12-8-7-9(16-11(13)15-8)14-4-2-6-17-5-1-3-10(17)18/h5-6,10-11H,2-4,7-9H2,1H3,(H,22,25)(H3,20,21,23,24);7H,1-6H2,(H3,13,14,15,16). The molecule has 2 saturated heterocycles. The summed E-state index contributed by atoms with van der Waals surface area (Å²) in [5.41, 5.74) is 15.3. The van der Waals surface area contributed by atoms with E-state index in [2.05, 4.69) is 40.8 Å². The van der Waals surface area contributed by atoms with E-state index < -0.39 is 0 Å². The molecule has 2 aliphatic heterocycles. The van der Waals surface area contributed by atoms with Crippen LogP contribution in [0.5, 0.6) is 0 Å². The van der Waals surface area contributed by atoms with Gasteiger partial charge in [0, 0.05) is 75.2 Å². The summed E-state index contributed by atoms with van der Waals surface area (Å²) >= 11 is 5.76. The van der Waals surface area contributed by atoms with Crippen LogP contribution in [0.2, 0.25) is 5.15 Å². The van der Waals surface area contributed by atoms with Gasteiger partial charge in [0.05, 0.1) is 17.4 Å². The number of anilines is 4. The Hall–Kier alpha value is -4.72. The van der Waals surface area contributed by atoms with E-state index in [1.165, 1.54) is 0 Å². The van der Waals surface area contributed by atoms with Crippen LogP contribution in [0.3, 0.4) is 0 Å². The zero-order chi connectivity index (χ0) is 31.8. The molecule has 0 bridgehead atoms. The van der Waals surface area contributed by atoms with Crippen molar-refractivity contribution in [1.29, 1.82) is 0 Å². The molecule has 5 heterocycles. The molecule has 6 rings (SSSR count). The predicted molar refractivity (Wildman–Crippen MR) is 176 cm³/mol. The van der Waals surface area contributed by atoms with E-state index in [9.17, 15) is 9.59 Å². The minimum absolute atomic E-state index is 0.153. The number of fused-ring (bicyclic) bond motifs is 1. The second kappa shape index (κ2) is 14.8. The van der Waals surface area contributed by atoms with Crippen LogP contribution in [0.4, 0.5) is 23.5 Å².